The first kappa shape index (κ1) is 34.0. The number of hydrogen-bond acceptors (Lipinski definition) is 7. The Bertz CT molecular complexity index is 1040. The molecule has 0 aromatic heterocycles. The van der Waals surface area contributed by atoms with Crippen molar-refractivity contribution >= 4 is 12.3 Å². The smallest absolute Gasteiger partial charge is 0.306 e. The number of carboxylic acid groups (broad SMARTS) is 1. The molecule has 8 heteroatoms. The lowest BCUT2D eigenvalue weighted by Crippen LogP contribution is -2.58. The SMILES string of the molecule is C[C@H]1N[C@H](C[C@H](CC=O)[C@@H]2CCCCCC[C@@](O)(CC(=O)O)CN[C@@]3(C)CCN[C@@H](Cc4cccc(c4)C2)C3)CC[C@H]1O. The number of piperidine rings is 2. The summed E-state index contributed by atoms with van der Waals surface area (Å²) < 4.78 is 0. The number of carboxylic acids is 1. The van der Waals surface area contributed by atoms with Gasteiger partial charge in [-0.3, -0.25) is 4.79 Å². The summed E-state index contributed by atoms with van der Waals surface area (Å²) in [6.45, 7) is 5.42. The number of hydrogen-bond donors (Lipinski definition) is 6. The van der Waals surface area contributed by atoms with Gasteiger partial charge in [0, 0.05) is 36.6 Å². The summed E-state index contributed by atoms with van der Waals surface area (Å²) in [4.78, 5) is 23.6. The van der Waals surface area contributed by atoms with Gasteiger partial charge in [0.2, 0.25) is 0 Å². The van der Waals surface area contributed by atoms with Crippen LogP contribution in [0.2, 0.25) is 0 Å². The van der Waals surface area contributed by atoms with Crippen molar-refractivity contribution in [3.05, 3.63) is 35.4 Å². The second kappa shape index (κ2) is 15.9. The molecule has 0 amide bonds. The lowest BCUT2D eigenvalue weighted by Gasteiger charge is -2.42. The fourth-order valence-electron chi connectivity index (χ4n) is 8.01. The van der Waals surface area contributed by atoms with Crippen LogP contribution in [0.4, 0.5) is 0 Å². The van der Waals surface area contributed by atoms with Gasteiger partial charge in [0.05, 0.1) is 18.1 Å². The molecule has 2 fully saturated rings. The normalized spacial score (nSPS) is 35.7. The van der Waals surface area contributed by atoms with Crippen LogP contribution < -0.4 is 16.0 Å². The van der Waals surface area contributed by atoms with Crippen molar-refractivity contribution in [2.24, 2.45) is 11.8 Å². The Hall–Kier alpha value is -1.84. The number of carbonyl (C=O) groups is 2. The van der Waals surface area contributed by atoms with Crippen LogP contribution in [0.15, 0.2) is 24.3 Å². The summed E-state index contributed by atoms with van der Waals surface area (Å²) >= 11 is 0. The van der Waals surface area contributed by atoms with Crippen molar-refractivity contribution < 1.29 is 24.9 Å². The zero-order chi connectivity index (χ0) is 30.9. The van der Waals surface area contributed by atoms with E-state index >= 15 is 0 Å². The quantitative estimate of drug-likeness (QED) is 0.258. The summed E-state index contributed by atoms with van der Waals surface area (Å²) in [5.41, 5.74) is 1.23. The Labute approximate surface area is 258 Å². The summed E-state index contributed by atoms with van der Waals surface area (Å²) in [5.74, 6) is -0.299. The van der Waals surface area contributed by atoms with Gasteiger partial charge in [0.15, 0.2) is 0 Å². The molecular formula is C35H57N3O5. The Morgan fingerprint density at radius 1 is 1.09 bits per heavy atom. The number of carbonyl (C=O) groups excluding carboxylic acids is 1. The van der Waals surface area contributed by atoms with Crippen molar-refractivity contribution in [3.63, 3.8) is 0 Å². The van der Waals surface area contributed by atoms with Gasteiger partial charge in [-0.1, -0.05) is 49.9 Å². The van der Waals surface area contributed by atoms with E-state index in [2.05, 4.69) is 47.1 Å². The van der Waals surface area contributed by atoms with E-state index in [0.717, 1.165) is 89.9 Å². The first-order valence-electron chi connectivity index (χ1n) is 16.9. The van der Waals surface area contributed by atoms with Crippen LogP contribution in [0.25, 0.3) is 0 Å². The molecule has 6 N–H and O–H groups in total. The third-order valence-electron chi connectivity index (χ3n) is 10.6. The second-order valence-corrected chi connectivity index (χ2v) is 14.5. The predicted molar refractivity (Wildman–Crippen MR) is 170 cm³/mol. The predicted octanol–water partition coefficient (Wildman–Crippen LogP) is 4.14. The maximum Gasteiger partial charge on any atom is 0.306 e. The van der Waals surface area contributed by atoms with Gasteiger partial charge in [-0.15, -0.1) is 0 Å². The third kappa shape index (κ3) is 10.6. The van der Waals surface area contributed by atoms with Crippen LogP contribution in [0, 0.1) is 11.8 Å². The zero-order valence-corrected chi connectivity index (χ0v) is 26.5. The summed E-state index contributed by atoms with van der Waals surface area (Å²) in [7, 11) is 0. The molecule has 0 aliphatic carbocycles. The molecule has 2 saturated heterocycles. The van der Waals surface area contributed by atoms with Crippen LogP contribution >= 0.6 is 0 Å². The van der Waals surface area contributed by atoms with E-state index in [1.165, 1.54) is 11.1 Å². The van der Waals surface area contributed by atoms with Gasteiger partial charge in [-0.2, -0.15) is 0 Å². The summed E-state index contributed by atoms with van der Waals surface area (Å²) in [5, 5.41) is 42.1. The Balaban J connectivity index is 1.54. The number of rotatable bonds is 7. The molecule has 0 saturated carbocycles. The molecule has 242 valence electrons. The molecule has 0 radical (unpaired) electrons. The molecule has 3 heterocycles. The fraction of sp³-hybridized carbons (Fsp3) is 0.771. The van der Waals surface area contributed by atoms with E-state index in [1.54, 1.807) is 0 Å². The van der Waals surface area contributed by atoms with E-state index in [4.69, 9.17) is 0 Å². The van der Waals surface area contributed by atoms with Gasteiger partial charge < -0.3 is 36.1 Å². The van der Waals surface area contributed by atoms with E-state index < -0.39 is 11.6 Å². The number of fused-ring (bicyclic) bond motifs is 4. The third-order valence-corrected chi connectivity index (χ3v) is 10.6. The number of aliphatic carboxylic acids is 1. The number of aliphatic hydroxyl groups is 2. The van der Waals surface area contributed by atoms with E-state index in [-0.39, 0.29) is 36.6 Å². The molecule has 43 heavy (non-hydrogen) atoms. The van der Waals surface area contributed by atoms with Gasteiger partial charge >= 0.3 is 5.97 Å². The number of aliphatic hydroxyl groups excluding tert-OH is 1. The molecule has 8 atom stereocenters. The van der Waals surface area contributed by atoms with E-state index in [0.29, 0.717) is 30.8 Å². The average molecular weight is 600 g/mol. The molecule has 0 spiro atoms. The highest BCUT2D eigenvalue weighted by molar-refractivity contribution is 5.68. The standard InChI is InChI=1S/C35H57N3O5/c1-25-32(40)12-11-30(38-25)21-29(13-17-39)28-10-5-3-4-6-14-35(43,23-33(41)42)24-37-34(2)15-16-36-31(22-34)20-27-9-7-8-26(18-27)19-28/h7-9,17-18,25,28-32,36-38,40,43H,3-6,10-16,19-24H2,1-2H3,(H,41,42)/t25-,28-,29+,30+,31+,32-,34+,35-/m1/s1. The first-order chi connectivity index (χ1) is 20.6. The van der Waals surface area contributed by atoms with Crippen molar-refractivity contribution in [3.8, 4) is 0 Å². The Morgan fingerprint density at radius 2 is 1.86 bits per heavy atom. The zero-order valence-electron chi connectivity index (χ0n) is 26.5. The Morgan fingerprint density at radius 3 is 2.60 bits per heavy atom. The van der Waals surface area contributed by atoms with Gasteiger partial charge in [-0.05, 0) is 101 Å². The number of nitrogens with one attached hydrogen (secondary N) is 3. The lowest BCUT2D eigenvalue weighted by atomic mass is 9.76. The molecule has 3 aliphatic rings. The van der Waals surface area contributed by atoms with Gasteiger partial charge in [-0.25, -0.2) is 0 Å². The molecule has 1 aromatic carbocycles. The van der Waals surface area contributed by atoms with Crippen molar-refractivity contribution in [1.82, 2.24) is 16.0 Å². The maximum atomic E-state index is 11.9. The van der Waals surface area contributed by atoms with Crippen LogP contribution in [0.3, 0.4) is 0 Å². The molecule has 4 bridgehead atoms. The van der Waals surface area contributed by atoms with Crippen LogP contribution in [0.5, 0.6) is 0 Å². The van der Waals surface area contributed by atoms with E-state index in [9.17, 15) is 24.9 Å². The first-order valence-corrected chi connectivity index (χ1v) is 16.9. The second-order valence-electron chi connectivity index (χ2n) is 14.5. The molecule has 0 unspecified atom stereocenters. The average Bonchev–Trinajstić information content (AvgIpc) is 2.94. The highest BCUT2D eigenvalue weighted by Crippen LogP contribution is 2.33. The van der Waals surface area contributed by atoms with Gasteiger partial charge in [0.1, 0.15) is 6.29 Å². The summed E-state index contributed by atoms with van der Waals surface area (Å²) in [6.07, 6.45) is 12.8. The minimum absolute atomic E-state index is 0.0721. The minimum atomic E-state index is -1.26. The number of benzene rings is 1. The van der Waals surface area contributed by atoms with Crippen LogP contribution in [0.1, 0.15) is 108 Å². The highest BCUT2D eigenvalue weighted by atomic mass is 16.4. The molecule has 8 nitrogen and oxygen atoms in total. The monoisotopic (exact) mass is 599 g/mol. The van der Waals surface area contributed by atoms with Crippen molar-refractivity contribution in [1.29, 1.82) is 0 Å². The minimum Gasteiger partial charge on any atom is -0.481 e. The maximum absolute atomic E-state index is 11.9. The van der Waals surface area contributed by atoms with E-state index in [1.807, 2.05) is 6.92 Å². The molecule has 1 aromatic rings. The molecule has 3 aliphatic heterocycles. The van der Waals surface area contributed by atoms with Gasteiger partial charge in [0.25, 0.3) is 0 Å². The van der Waals surface area contributed by atoms with Crippen molar-refractivity contribution in [2.75, 3.05) is 13.1 Å². The number of β-amino-alcohol motifs (C(OH)–C–C–N with tert-alkyl or cyclic N) is 1. The topological polar surface area (TPSA) is 131 Å². The fourth-order valence-corrected chi connectivity index (χ4v) is 8.01. The Kier molecular flexibility index (Phi) is 12.6. The lowest BCUT2D eigenvalue weighted by molar-refractivity contribution is -0.143. The van der Waals surface area contributed by atoms with Crippen LogP contribution in [-0.2, 0) is 22.4 Å². The highest BCUT2D eigenvalue weighted by Gasteiger charge is 2.37. The molecular weight excluding hydrogens is 542 g/mol. The summed E-state index contributed by atoms with van der Waals surface area (Å²) in [6, 6.07) is 9.67. The molecule has 4 rings (SSSR count). The largest absolute Gasteiger partial charge is 0.481 e. The van der Waals surface area contributed by atoms with Crippen molar-refractivity contribution in [2.45, 2.75) is 146 Å². The van der Waals surface area contributed by atoms with Crippen LogP contribution in [-0.4, -0.2) is 76.0 Å². The number of aldehydes is 1.